The second-order valence-corrected chi connectivity index (χ2v) is 7.25. The number of benzene rings is 1. The predicted octanol–water partition coefficient (Wildman–Crippen LogP) is 4.89. The summed E-state index contributed by atoms with van der Waals surface area (Å²) in [5, 5.41) is 9.82. The van der Waals surface area contributed by atoms with E-state index in [9.17, 15) is 4.39 Å². The lowest BCUT2D eigenvalue weighted by Gasteiger charge is -2.18. The van der Waals surface area contributed by atoms with Crippen molar-refractivity contribution in [3.8, 4) is 0 Å². The minimum atomic E-state index is -0.275. The summed E-state index contributed by atoms with van der Waals surface area (Å²) >= 11 is 0. The van der Waals surface area contributed by atoms with Crippen LogP contribution >= 0.6 is 0 Å². The molecule has 4 rings (SSSR count). The van der Waals surface area contributed by atoms with Crippen LogP contribution in [0, 0.1) is 5.82 Å². The average molecular weight is 430 g/mol. The standard InChI is InChI=1S/C23H23FN8/c1-15(17-5-7-19(24)8-6-17)29-23-31-20(28-16(2)18-4-3-9-25-13-18)12-21(32-23)30-22-14-26-10-11-27-22/h3-16H,1-2H3,(H3,27,28,29,30,31,32)/t15?,16-/m0/s1. The lowest BCUT2D eigenvalue weighted by molar-refractivity contribution is 0.626. The molecule has 0 aliphatic heterocycles. The molecule has 2 atom stereocenters. The van der Waals surface area contributed by atoms with Gasteiger partial charge in [-0.25, -0.2) is 9.37 Å². The molecule has 1 unspecified atom stereocenters. The third kappa shape index (κ3) is 5.51. The number of hydrogen-bond donors (Lipinski definition) is 3. The normalized spacial score (nSPS) is 12.6. The zero-order chi connectivity index (χ0) is 22.3. The van der Waals surface area contributed by atoms with Crippen LogP contribution in [0.3, 0.4) is 0 Å². The molecule has 0 saturated carbocycles. The fourth-order valence-electron chi connectivity index (χ4n) is 3.11. The Bertz CT molecular complexity index is 1140. The summed E-state index contributed by atoms with van der Waals surface area (Å²) in [5.74, 6) is 1.88. The maximum Gasteiger partial charge on any atom is 0.227 e. The topological polar surface area (TPSA) is 101 Å². The maximum absolute atomic E-state index is 13.3. The fraction of sp³-hybridized carbons (Fsp3) is 0.174. The van der Waals surface area contributed by atoms with Gasteiger partial charge in [0.1, 0.15) is 23.3 Å². The number of rotatable bonds is 8. The lowest BCUT2D eigenvalue weighted by Crippen LogP contribution is -2.13. The molecule has 8 nitrogen and oxygen atoms in total. The first-order valence-corrected chi connectivity index (χ1v) is 10.2. The van der Waals surface area contributed by atoms with Gasteiger partial charge in [0.15, 0.2) is 0 Å². The van der Waals surface area contributed by atoms with Crippen LogP contribution in [0.2, 0.25) is 0 Å². The van der Waals surface area contributed by atoms with Crippen molar-refractivity contribution in [3.63, 3.8) is 0 Å². The monoisotopic (exact) mass is 430 g/mol. The van der Waals surface area contributed by atoms with Crippen molar-refractivity contribution in [2.75, 3.05) is 16.0 Å². The van der Waals surface area contributed by atoms with Gasteiger partial charge < -0.3 is 16.0 Å². The first kappa shape index (κ1) is 21.1. The third-order valence-electron chi connectivity index (χ3n) is 4.81. The summed E-state index contributed by atoms with van der Waals surface area (Å²) in [6, 6.07) is 11.9. The van der Waals surface area contributed by atoms with Crippen LogP contribution in [0.25, 0.3) is 0 Å². The van der Waals surface area contributed by atoms with Crippen LogP contribution in [-0.2, 0) is 0 Å². The lowest BCUT2D eigenvalue weighted by atomic mass is 10.1. The van der Waals surface area contributed by atoms with E-state index in [1.807, 2.05) is 32.2 Å². The van der Waals surface area contributed by atoms with Crippen LogP contribution in [0.15, 0.2) is 73.4 Å². The van der Waals surface area contributed by atoms with Crippen molar-refractivity contribution >= 4 is 23.4 Å². The highest BCUT2D eigenvalue weighted by Crippen LogP contribution is 2.24. The van der Waals surface area contributed by atoms with E-state index in [2.05, 4.69) is 40.9 Å². The van der Waals surface area contributed by atoms with E-state index in [-0.39, 0.29) is 17.9 Å². The largest absolute Gasteiger partial charge is 0.363 e. The molecule has 0 amide bonds. The second-order valence-electron chi connectivity index (χ2n) is 7.25. The molecule has 0 fully saturated rings. The first-order chi connectivity index (χ1) is 15.6. The smallest absolute Gasteiger partial charge is 0.227 e. The Kier molecular flexibility index (Phi) is 6.45. The highest BCUT2D eigenvalue weighted by atomic mass is 19.1. The summed E-state index contributed by atoms with van der Waals surface area (Å²) in [5.41, 5.74) is 1.95. The quantitative estimate of drug-likeness (QED) is 0.363. The average Bonchev–Trinajstić information content (AvgIpc) is 2.80. The summed E-state index contributed by atoms with van der Waals surface area (Å²) in [4.78, 5) is 21.7. The molecule has 0 spiro atoms. The molecule has 0 saturated heterocycles. The molecule has 32 heavy (non-hydrogen) atoms. The first-order valence-electron chi connectivity index (χ1n) is 10.2. The van der Waals surface area contributed by atoms with Crippen LogP contribution in [0.1, 0.15) is 37.1 Å². The molecular weight excluding hydrogens is 407 g/mol. The van der Waals surface area contributed by atoms with Crippen molar-refractivity contribution in [1.29, 1.82) is 0 Å². The molecule has 0 bridgehead atoms. The highest BCUT2D eigenvalue weighted by molar-refractivity contribution is 5.58. The van der Waals surface area contributed by atoms with Crippen LogP contribution in [-0.4, -0.2) is 24.9 Å². The van der Waals surface area contributed by atoms with Crippen molar-refractivity contribution in [3.05, 3.63) is 90.4 Å². The number of pyridine rings is 1. The Hall–Kier alpha value is -4.14. The Labute approximate surface area is 185 Å². The molecule has 3 N–H and O–H groups in total. The van der Waals surface area contributed by atoms with Crippen molar-refractivity contribution in [2.24, 2.45) is 0 Å². The molecule has 3 heterocycles. The van der Waals surface area contributed by atoms with Gasteiger partial charge in [-0.2, -0.15) is 9.97 Å². The SMILES string of the molecule is CC(Nc1nc(Nc2cnccn2)cc(N[C@@H](C)c2cccnc2)n1)c1ccc(F)cc1. The van der Waals surface area contributed by atoms with E-state index in [0.717, 1.165) is 11.1 Å². The minimum Gasteiger partial charge on any atom is -0.363 e. The number of aromatic nitrogens is 5. The zero-order valence-electron chi connectivity index (χ0n) is 17.7. The highest BCUT2D eigenvalue weighted by Gasteiger charge is 2.13. The van der Waals surface area contributed by atoms with Gasteiger partial charge in [-0.3, -0.25) is 9.97 Å². The van der Waals surface area contributed by atoms with Gasteiger partial charge in [0.25, 0.3) is 0 Å². The number of nitrogens with one attached hydrogen (secondary N) is 3. The van der Waals surface area contributed by atoms with Gasteiger partial charge in [0.2, 0.25) is 5.95 Å². The van der Waals surface area contributed by atoms with E-state index in [4.69, 9.17) is 0 Å². The number of halogens is 1. The minimum absolute atomic E-state index is 0.0228. The molecule has 1 aromatic carbocycles. The number of anilines is 4. The third-order valence-corrected chi connectivity index (χ3v) is 4.81. The van der Waals surface area contributed by atoms with Gasteiger partial charge in [0.05, 0.1) is 18.3 Å². The van der Waals surface area contributed by atoms with Crippen molar-refractivity contribution in [2.45, 2.75) is 25.9 Å². The predicted molar refractivity (Wildman–Crippen MR) is 122 cm³/mol. The Balaban J connectivity index is 1.59. The van der Waals surface area contributed by atoms with E-state index in [1.54, 1.807) is 43.0 Å². The van der Waals surface area contributed by atoms with Gasteiger partial charge in [0, 0.05) is 30.9 Å². The second kappa shape index (κ2) is 9.78. The summed E-state index contributed by atoms with van der Waals surface area (Å²) < 4.78 is 13.3. The van der Waals surface area contributed by atoms with Crippen molar-refractivity contribution < 1.29 is 4.39 Å². The fourth-order valence-corrected chi connectivity index (χ4v) is 3.11. The summed E-state index contributed by atoms with van der Waals surface area (Å²) in [6.07, 6.45) is 8.37. The van der Waals surface area contributed by atoms with Gasteiger partial charge in [-0.05, 0) is 43.2 Å². The molecular formula is C23H23FN8. The molecule has 0 aliphatic rings. The zero-order valence-corrected chi connectivity index (χ0v) is 17.7. The summed E-state index contributed by atoms with van der Waals surface area (Å²) in [6.45, 7) is 3.99. The van der Waals surface area contributed by atoms with E-state index < -0.39 is 0 Å². The van der Waals surface area contributed by atoms with Crippen LogP contribution in [0.5, 0.6) is 0 Å². The Morgan fingerprint density at radius 2 is 1.50 bits per heavy atom. The molecule has 9 heteroatoms. The number of nitrogens with zero attached hydrogens (tertiary/aromatic N) is 5. The molecule has 0 aliphatic carbocycles. The van der Waals surface area contributed by atoms with Gasteiger partial charge in [-0.1, -0.05) is 18.2 Å². The van der Waals surface area contributed by atoms with E-state index in [1.165, 1.54) is 12.1 Å². The van der Waals surface area contributed by atoms with Gasteiger partial charge >= 0.3 is 0 Å². The van der Waals surface area contributed by atoms with E-state index in [0.29, 0.717) is 23.4 Å². The maximum atomic E-state index is 13.3. The molecule has 3 aromatic heterocycles. The number of hydrogen-bond acceptors (Lipinski definition) is 8. The van der Waals surface area contributed by atoms with Crippen LogP contribution in [0.4, 0.5) is 27.8 Å². The molecule has 162 valence electrons. The van der Waals surface area contributed by atoms with Crippen molar-refractivity contribution in [1.82, 2.24) is 24.9 Å². The van der Waals surface area contributed by atoms with Gasteiger partial charge in [-0.15, -0.1) is 0 Å². The Morgan fingerprint density at radius 3 is 2.22 bits per heavy atom. The van der Waals surface area contributed by atoms with Crippen LogP contribution < -0.4 is 16.0 Å². The molecule has 0 radical (unpaired) electrons. The van der Waals surface area contributed by atoms with E-state index >= 15 is 0 Å². The summed E-state index contributed by atoms with van der Waals surface area (Å²) in [7, 11) is 0. The Morgan fingerprint density at radius 1 is 0.750 bits per heavy atom. The molecule has 4 aromatic rings.